The normalized spacial score (nSPS) is 26.1. The van der Waals surface area contributed by atoms with E-state index in [4.69, 9.17) is 0 Å². The molecule has 0 aliphatic carbocycles. The predicted molar refractivity (Wildman–Crippen MR) is 58.2 cm³/mol. The molecule has 1 rings (SSSR count). The summed E-state index contributed by atoms with van der Waals surface area (Å²) in [5.74, 6) is 0.0839. The molecule has 0 aromatic rings. The number of hydrogen-bond donors (Lipinski definition) is 1. The number of nitrogens with one attached hydrogen (secondary N) is 1. The molecule has 0 saturated carbocycles. The zero-order valence-corrected chi connectivity index (χ0v) is 10.3. The summed E-state index contributed by atoms with van der Waals surface area (Å²) in [6, 6.07) is -0.298. The first-order valence-corrected chi connectivity index (χ1v) is 5.85. The van der Waals surface area contributed by atoms with Crippen molar-refractivity contribution in [1.29, 1.82) is 0 Å². The largest absolute Gasteiger partial charge is 0.389 e. The molecule has 1 amide bonds. The maximum atomic E-state index is 12.0. The van der Waals surface area contributed by atoms with Crippen molar-refractivity contribution in [2.45, 2.75) is 52.0 Å². The van der Waals surface area contributed by atoms with Gasteiger partial charge in [0.1, 0.15) is 0 Å². The van der Waals surface area contributed by atoms with Crippen LogP contribution in [0.2, 0.25) is 0 Å². The van der Waals surface area contributed by atoms with Gasteiger partial charge in [-0.15, -0.1) is 0 Å². The fourth-order valence-corrected chi connectivity index (χ4v) is 2.05. The second kappa shape index (κ2) is 5.25. The smallest absolute Gasteiger partial charge is 0.326 e. The Hall–Kier alpha value is -0.780. The first-order chi connectivity index (χ1) is 7.72. The van der Waals surface area contributed by atoms with Crippen LogP contribution in [0, 0.1) is 5.92 Å². The van der Waals surface area contributed by atoms with Gasteiger partial charge in [-0.25, -0.2) is 0 Å². The van der Waals surface area contributed by atoms with Crippen LogP contribution in [0.4, 0.5) is 13.2 Å². The molecule has 1 aliphatic heterocycles. The first-order valence-electron chi connectivity index (χ1n) is 5.85. The average Bonchev–Trinajstić information content (AvgIpc) is 2.44. The number of halogens is 3. The summed E-state index contributed by atoms with van der Waals surface area (Å²) in [5.41, 5.74) is 0. The molecule has 100 valence electrons. The number of amides is 1. The van der Waals surface area contributed by atoms with Crippen molar-refractivity contribution in [2.75, 3.05) is 6.54 Å². The van der Waals surface area contributed by atoms with Gasteiger partial charge in [0.15, 0.2) is 0 Å². The number of carbonyl (C=O) groups excluding carboxylic acids is 1. The van der Waals surface area contributed by atoms with Crippen LogP contribution in [0.15, 0.2) is 0 Å². The lowest BCUT2D eigenvalue weighted by Crippen LogP contribution is -2.42. The average molecular weight is 252 g/mol. The van der Waals surface area contributed by atoms with Crippen molar-refractivity contribution in [3.05, 3.63) is 0 Å². The van der Waals surface area contributed by atoms with Crippen LogP contribution in [0.1, 0.15) is 33.6 Å². The predicted octanol–water partition coefficient (Wildman–Crippen LogP) is 2.13. The molecule has 1 heterocycles. The van der Waals surface area contributed by atoms with Gasteiger partial charge in [-0.2, -0.15) is 13.2 Å². The van der Waals surface area contributed by atoms with E-state index >= 15 is 0 Å². The molecule has 0 aromatic heterocycles. The summed E-state index contributed by atoms with van der Waals surface area (Å²) in [5, 5.41) is 3.10. The minimum absolute atomic E-state index is 0.0349. The minimum Gasteiger partial charge on any atom is -0.326 e. The maximum Gasteiger partial charge on any atom is 0.389 e. The van der Waals surface area contributed by atoms with E-state index in [-0.39, 0.29) is 37.0 Å². The van der Waals surface area contributed by atoms with Crippen LogP contribution in [0.3, 0.4) is 0 Å². The molecule has 1 saturated heterocycles. The molecule has 0 spiro atoms. The summed E-state index contributed by atoms with van der Waals surface area (Å²) in [6.45, 7) is 5.79. The first kappa shape index (κ1) is 14.3. The molecule has 6 heteroatoms. The van der Waals surface area contributed by atoms with E-state index in [1.807, 2.05) is 13.8 Å². The van der Waals surface area contributed by atoms with Gasteiger partial charge in [0.05, 0.1) is 12.2 Å². The third kappa shape index (κ3) is 3.87. The molecule has 1 aliphatic rings. The highest BCUT2D eigenvalue weighted by Crippen LogP contribution is 2.23. The molecule has 3 nitrogen and oxygen atoms in total. The number of nitrogens with zero attached hydrogens (tertiary/aromatic N) is 1. The number of hydrogen-bond acceptors (Lipinski definition) is 2. The molecular weight excluding hydrogens is 233 g/mol. The highest BCUT2D eigenvalue weighted by atomic mass is 19.4. The summed E-state index contributed by atoms with van der Waals surface area (Å²) in [6.07, 6.45) is -5.16. The van der Waals surface area contributed by atoms with Gasteiger partial charge in [0.25, 0.3) is 0 Å². The van der Waals surface area contributed by atoms with E-state index in [9.17, 15) is 18.0 Å². The fourth-order valence-electron chi connectivity index (χ4n) is 2.05. The third-order valence-corrected chi connectivity index (χ3v) is 2.90. The summed E-state index contributed by atoms with van der Waals surface area (Å²) < 4.78 is 36.1. The topological polar surface area (TPSA) is 32.3 Å². The molecular formula is C11H19F3N2O. The molecule has 1 fully saturated rings. The van der Waals surface area contributed by atoms with Gasteiger partial charge in [0.2, 0.25) is 5.91 Å². The second-order valence-corrected chi connectivity index (χ2v) is 4.83. The summed E-state index contributed by atoms with van der Waals surface area (Å²) in [4.78, 5) is 13.3. The molecule has 1 N–H and O–H groups in total. The lowest BCUT2D eigenvalue weighted by atomic mass is 10.1. The number of carbonyl (C=O) groups is 1. The van der Waals surface area contributed by atoms with Crippen molar-refractivity contribution < 1.29 is 18.0 Å². The van der Waals surface area contributed by atoms with Crippen LogP contribution >= 0.6 is 0 Å². The highest BCUT2D eigenvalue weighted by Gasteiger charge is 2.38. The molecule has 0 radical (unpaired) electrons. The molecule has 0 bridgehead atoms. The van der Waals surface area contributed by atoms with Crippen molar-refractivity contribution >= 4 is 5.91 Å². The fraction of sp³-hybridized carbons (Fsp3) is 0.909. The van der Waals surface area contributed by atoms with E-state index in [0.29, 0.717) is 0 Å². The van der Waals surface area contributed by atoms with Crippen LogP contribution in [0.25, 0.3) is 0 Å². The quantitative estimate of drug-likeness (QED) is 0.831. The van der Waals surface area contributed by atoms with Crippen LogP contribution in [-0.4, -0.2) is 35.7 Å². The third-order valence-electron chi connectivity index (χ3n) is 2.90. The van der Waals surface area contributed by atoms with E-state index in [2.05, 4.69) is 5.32 Å². The van der Waals surface area contributed by atoms with Crippen molar-refractivity contribution in [3.63, 3.8) is 0 Å². The van der Waals surface area contributed by atoms with Gasteiger partial charge in [0, 0.05) is 13.0 Å². The number of alkyl halides is 3. The Morgan fingerprint density at radius 1 is 1.41 bits per heavy atom. The highest BCUT2D eigenvalue weighted by molar-refractivity contribution is 5.83. The molecule has 2 unspecified atom stereocenters. The maximum absolute atomic E-state index is 12.0. The SMILES string of the molecule is CC1NC(C(C)C)N(CCCC(F)(F)F)C1=O. The van der Waals surface area contributed by atoms with Crippen LogP contribution in [0.5, 0.6) is 0 Å². The molecule has 17 heavy (non-hydrogen) atoms. The van der Waals surface area contributed by atoms with E-state index in [1.54, 1.807) is 6.92 Å². The lowest BCUT2D eigenvalue weighted by Gasteiger charge is -2.27. The van der Waals surface area contributed by atoms with Crippen molar-refractivity contribution in [2.24, 2.45) is 5.92 Å². The minimum atomic E-state index is -4.14. The van der Waals surface area contributed by atoms with Crippen LogP contribution in [-0.2, 0) is 4.79 Å². The van der Waals surface area contributed by atoms with E-state index in [0.717, 1.165) is 0 Å². The lowest BCUT2D eigenvalue weighted by molar-refractivity contribution is -0.140. The van der Waals surface area contributed by atoms with E-state index in [1.165, 1.54) is 4.90 Å². The van der Waals surface area contributed by atoms with Gasteiger partial charge >= 0.3 is 6.18 Å². The monoisotopic (exact) mass is 252 g/mol. The Balaban J connectivity index is 2.52. The Labute approximate surface area is 99.4 Å². The molecule has 0 aromatic carbocycles. The van der Waals surface area contributed by atoms with Crippen LogP contribution < -0.4 is 5.32 Å². The zero-order chi connectivity index (χ0) is 13.2. The van der Waals surface area contributed by atoms with E-state index < -0.39 is 12.6 Å². The summed E-state index contributed by atoms with van der Waals surface area (Å²) in [7, 11) is 0. The van der Waals surface area contributed by atoms with Gasteiger partial charge in [-0.1, -0.05) is 13.8 Å². The van der Waals surface area contributed by atoms with Gasteiger partial charge < -0.3 is 4.90 Å². The zero-order valence-electron chi connectivity index (χ0n) is 10.3. The molecule has 2 atom stereocenters. The summed E-state index contributed by atoms with van der Waals surface area (Å²) >= 11 is 0. The van der Waals surface area contributed by atoms with Gasteiger partial charge in [-0.05, 0) is 19.3 Å². The Morgan fingerprint density at radius 2 is 2.00 bits per heavy atom. The van der Waals surface area contributed by atoms with Crippen molar-refractivity contribution in [1.82, 2.24) is 10.2 Å². The number of rotatable bonds is 4. The Kier molecular flexibility index (Phi) is 4.41. The second-order valence-electron chi connectivity index (χ2n) is 4.83. The Morgan fingerprint density at radius 3 is 2.47 bits per heavy atom. The standard InChI is InChI=1S/C11H19F3N2O/c1-7(2)9-15-8(3)10(17)16(9)6-4-5-11(12,13)14/h7-9,15H,4-6H2,1-3H3. The van der Waals surface area contributed by atoms with Crippen molar-refractivity contribution in [3.8, 4) is 0 Å². The van der Waals surface area contributed by atoms with Gasteiger partial charge in [-0.3, -0.25) is 10.1 Å². The Bertz CT molecular complexity index is 278.